The Labute approximate surface area is 235 Å². The number of hydrogen-bond acceptors (Lipinski definition) is 4. The molecule has 5 aromatic rings. The molecular weight excluding hydrogens is 500 g/mol. The van der Waals surface area contributed by atoms with Crippen LogP contribution < -0.4 is 4.74 Å². The summed E-state index contributed by atoms with van der Waals surface area (Å²) >= 11 is 0. The molecule has 0 fully saturated rings. The fourth-order valence-electron chi connectivity index (χ4n) is 5.17. The molecule has 7 nitrogen and oxygen atoms in total. The summed E-state index contributed by atoms with van der Waals surface area (Å²) in [6, 6.07) is 19.4. The molecule has 0 aliphatic heterocycles. The highest BCUT2D eigenvalue weighted by Crippen LogP contribution is 2.34. The highest BCUT2D eigenvalue weighted by molar-refractivity contribution is 5.96. The van der Waals surface area contributed by atoms with E-state index in [2.05, 4.69) is 54.6 Å². The van der Waals surface area contributed by atoms with Gasteiger partial charge in [0.25, 0.3) is 0 Å². The van der Waals surface area contributed by atoms with Crippen LogP contribution in [0.4, 0.5) is 0 Å². The number of imidazole rings is 2. The monoisotopic (exact) mass is 536 g/mol. The Morgan fingerprint density at radius 1 is 1.02 bits per heavy atom. The van der Waals surface area contributed by atoms with Gasteiger partial charge < -0.3 is 19.0 Å². The molecule has 40 heavy (non-hydrogen) atoms. The van der Waals surface area contributed by atoms with Crippen LogP contribution in [0.3, 0.4) is 0 Å². The Bertz CT molecular complexity index is 1590. The SMILES string of the molecule is CCCCc1nc2c(C)ccc(OC(CCC)n3ccnc3)c2n1Cc1ccc(-c2ccccc2C(=O)O)cc1. The number of unbranched alkanes of at least 4 members (excludes halogenated alkanes) is 1. The minimum atomic E-state index is -0.926. The van der Waals surface area contributed by atoms with Crippen LogP contribution in [0, 0.1) is 6.92 Å². The van der Waals surface area contributed by atoms with Crippen molar-refractivity contribution in [1.29, 1.82) is 0 Å². The number of carboxylic acid groups (broad SMARTS) is 1. The molecule has 206 valence electrons. The largest absolute Gasteiger partial charge is 0.478 e. The van der Waals surface area contributed by atoms with E-state index >= 15 is 0 Å². The van der Waals surface area contributed by atoms with E-state index in [1.807, 2.05) is 35.0 Å². The Hall–Kier alpha value is -4.39. The minimum Gasteiger partial charge on any atom is -0.478 e. The van der Waals surface area contributed by atoms with Crippen molar-refractivity contribution in [2.75, 3.05) is 0 Å². The van der Waals surface area contributed by atoms with Gasteiger partial charge >= 0.3 is 5.97 Å². The molecule has 2 heterocycles. The van der Waals surface area contributed by atoms with E-state index in [-0.39, 0.29) is 6.23 Å². The number of nitrogens with zero attached hydrogens (tertiary/aromatic N) is 4. The van der Waals surface area contributed by atoms with E-state index < -0.39 is 5.97 Å². The molecule has 0 aliphatic carbocycles. The molecule has 0 spiro atoms. The van der Waals surface area contributed by atoms with E-state index in [4.69, 9.17) is 9.72 Å². The van der Waals surface area contributed by atoms with Gasteiger partial charge in [-0.1, -0.05) is 75.2 Å². The van der Waals surface area contributed by atoms with Crippen LogP contribution in [-0.2, 0) is 13.0 Å². The van der Waals surface area contributed by atoms with E-state index in [0.29, 0.717) is 17.7 Å². The summed E-state index contributed by atoms with van der Waals surface area (Å²) in [5, 5.41) is 9.63. The normalized spacial score (nSPS) is 12.1. The molecule has 0 radical (unpaired) electrons. The summed E-state index contributed by atoms with van der Waals surface area (Å²) in [5.41, 5.74) is 6.10. The average Bonchev–Trinajstić information content (AvgIpc) is 3.63. The van der Waals surface area contributed by atoms with Gasteiger partial charge in [-0.3, -0.25) is 0 Å². The quantitative estimate of drug-likeness (QED) is 0.177. The van der Waals surface area contributed by atoms with Crippen LogP contribution in [-0.4, -0.2) is 30.2 Å². The lowest BCUT2D eigenvalue weighted by atomic mass is 9.98. The van der Waals surface area contributed by atoms with E-state index in [1.165, 1.54) is 0 Å². The predicted octanol–water partition coefficient (Wildman–Crippen LogP) is 7.68. The third-order valence-corrected chi connectivity index (χ3v) is 7.31. The van der Waals surface area contributed by atoms with Gasteiger partial charge in [0.2, 0.25) is 0 Å². The molecule has 0 saturated carbocycles. The number of hydrogen-bond donors (Lipinski definition) is 1. The zero-order valence-corrected chi connectivity index (χ0v) is 23.4. The summed E-state index contributed by atoms with van der Waals surface area (Å²) in [6.07, 6.45) is 10.2. The number of benzene rings is 3. The molecular formula is C33H36N4O3. The first kappa shape index (κ1) is 27.2. The third kappa shape index (κ3) is 5.64. The molecule has 5 rings (SSSR count). The summed E-state index contributed by atoms with van der Waals surface area (Å²) in [7, 11) is 0. The van der Waals surface area contributed by atoms with Gasteiger partial charge in [0.05, 0.1) is 17.4 Å². The van der Waals surface area contributed by atoms with E-state index in [9.17, 15) is 9.90 Å². The lowest BCUT2D eigenvalue weighted by Crippen LogP contribution is -2.15. The van der Waals surface area contributed by atoms with Crippen molar-refractivity contribution < 1.29 is 14.6 Å². The van der Waals surface area contributed by atoms with Crippen molar-refractivity contribution in [2.45, 2.75) is 65.6 Å². The summed E-state index contributed by atoms with van der Waals surface area (Å²) < 4.78 is 11.0. The Kier molecular flexibility index (Phi) is 8.29. The second kappa shape index (κ2) is 12.2. The molecule has 0 aliphatic rings. The fourth-order valence-corrected chi connectivity index (χ4v) is 5.17. The van der Waals surface area contributed by atoms with Crippen molar-refractivity contribution in [3.63, 3.8) is 0 Å². The molecule has 7 heteroatoms. The number of ether oxygens (including phenoxy) is 1. The number of carboxylic acids is 1. The lowest BCUT2D eigenvalue weighted by molar-refractivity contribution is 0.0697. The molecule has 3 aromatic carbocycles. The van der Waals surface area contributed by atoms with Gasteiger partial charge in [-0.05, 0) is 47.7 Å². The standard InChI is InChI=1S/C33H36N4O3/c1-4-6-12-29-35-31-23(3)13-18-28(40-30(9-5-2)36-20-19-34-22-36)32(31)37(29)21-24-14-16-25(17-15-24)26-10-7-8-11-27(26)33(38)39/h7-8,10-11,13-20,22,30H,4-6,9,12,21H2,1-3H3,(H,38,39). The van der Waals surface area contributed by atoms with Gasteiger partial charge in [0.15, 0.2) is 6.23 Å². The Morgan fingerprint density at radius 2 is 1.82 bits per heavy atom. The van der Waals surface area contributed by atoms with Crippen molar-refractivity contribution in [3.8, 4) is 16.9 Å². The van der Waals surface area contributed by atoms with E-state index in [0.717, 1.165) is 71.4 Å². The van der Waals surface area contributed by atoms with Gasteiger partial charge in [0.1, 0.15) is 17.1 Å². The first-order valence-corrected chi connectivity index (χ1v) is 14.0. The number of aromatic carboxylic acids is 1. The van der Waals surface area contributed by atoms with Crippen molar-refractivity contribution in [2.24, 2.45) is 0 Å². The zero-order valence-electron chi connectivity index (χ0n) is 23.4. The Balaban J connectivity index is 1.55. The van der Waals surface area contributed by atoms with Gasteiger partial charge in [0, 0.05) is 31.8 Å². The van der Waals surface area contributed by atoms with Crippen LogP contribution in [0.2, 0.25) is 0 Å². The minimum absolute atomic E-state index is 0.158. The fraction of sp³-hybridized carbons (Fsp3) is 0.303. The molecule has 0 bridgehead atoms. The molecule has 2 aromatic heterocycles. The number of fused-ring (bicyclic) bond motifs is 1. The summed E-state index contributed by atoms with van der Waals surface area (Å²) in [6.45, 7) is 7.09. The Morgan fingerprint density at radius 3 is 2.52 bits per heavy atom. The van der Waals surface area contributed by atoms with Crippen LogP contribution in [0.15, 0.2) is 79.4 Å². The molecule has 0 amide bonds. The summed E-state index contributed by atoms with van der Waals surface area (Å²) in [4.78, 5) is 21.1. The van der Waals surface area contributed by atoms with Crippen LogP contribution >= 0.6 is 0 Å². The van der Waals surface area contributed by atoms with E-state index in [1.54, 1.807) is 24.7 Å². The van der Waals surface area contributed by atoms with Gasteiger partial charge in [-0.2, -0.15) is 0 Å². The first-order valence-electron chi connectivity index (χ1n) is 14.0. The first-order chi connectivity index (χ1) is 19.5. The molecule has 1 unspecified atom stereocenters. The number of carbonyl (C=O) groups is 1. The van der Waals surface area contributed by atoms with Gasteiger partial charge in [-0.15, -0.1) is 0 Å². The van der Waals surface area contributed by atoms with Crippen LogP contribution in [0.1, 0.15) is 73.1 Å². The maximum Gasteiger partial charge on any atom is 0.336 e. The van der Waals surface area contributed by atoms with Crippen LogP contribution in [0.25, 0.3) is 22.2 Å². The van der Waals surface area contributed by atoms with Crippen molar-refractivity contribution in [3.05, 3.63) is 102 Å². The maximum absolute atomic E-state index is 11.7. The third-order valence-electron chi connectivity index (χ3n) is 7.31. The second-order valence-corrected chi connectivity index (χ2v) is 10.2. The topological polar surface area (TPSA) is 82.2 Å². The number of aryl methyl sites for hydroxylation is 2. The zero-order chi connectivity index (χ0) is 28.1. The van der Waals surface area contributed by atoms with Crippen molar-refractivity contribution in [1.82, 2.24) is 19.1 Å². The smallest absolute Gasteiger partial charge is 0.336 e. The van der Waals surface area contributed by atoms with Crippen molar-refractivity contribution >= 4 is 17.0 Å². The molecule has 1 N–H and O–H groups in total. The average molecular weight is 537 g/mol. The lowest BCUT2D eigenvalue weighted by Gasteiger charge is -2.21. The van der Waals surface area contributed by atoms with Crippen LogP contribution in [0.5, 0.6) is 5.75 Å². The molecule has 1 atom stereocenters. The van der Waals surface area contributed by atoms with Gasteiger partial charge in [-0.25, -0.2) is 14.8 Å². The predicted molar refractivity (Wildman–Crippen MR) is 158 cm³/mol. The highest BCUT2D eigenvalue weighted by Gasteiger charge is 2.20. The summed E-state index contributed by atoms with van der Waals surface area (Å²) in [5.74, 6) is 0.936. The molecule has 0 saturated heterocycles. The highest BCUT2D eigenvalue weighted by atomic mass is 16.5. The number of rotatable bonds is 12. The maximum atomic E-state index is 11.7. The second-order valence-electron chi connectivity index (χ2n) is 10.2. The number of aromatic nitrogens is 4.